The van der Waals surface area contributed by atoms with Gasteiger partial charge in [0.15, 0.2) is 12.4 Å². The molecule has 1 heterocycles. The summed E-state index contributed by atoms with van der Waals surface area (Å²) in [7, 11) is -4.60. The minimum atomic E-state index is -4.60. The summed E-state index contributed by atoms with van der Waals surface area (Å²) in [5.74, 6) is -1.99. The number of ether oxygens (including phenoxy) is 4. The van der Waals surface area contributed by atoms with Crippen LogP contribution in [0.3, 0.4) is 0 Å². The van der Waals surface area contributed by atoms with Crippen molar-refractivity contribution in [2.75, 3.05) is 19.0 Å². The van der Waals surface area contributed by atoms with E-state index < -0.39 is 71.2 Å². The lowest BCUT2D eigenvalue weighted by Crippen LogP contribution is -2.60. The third-order valence-electron chi connectivity index (χ3n) is 10.5. The molecule has 1 rings (SSSR count). The number of hydrogen-bond donors (Lipinski definition) is 4. The number of unbranched alkanes of at least 4 members (excludes halogenated alkanes) is 22. The third kappa shape index (κ3) is 30.2. The molecule has 0 amide bonds. The zero-order valence-electron chi connectivity index (χ0n) is 36.2. The van der Waals surface area contributed by atoms with Crippen molar-refractivity contribution in [3.8, 4) is 0 Å². The Balaban J connectivity index is 2.45. The average molecular weight is 847 g/mol. The second-order valence-corrected chi connectivity index (χ2v) is 17.6. The van der Waals surface area contributed by atoms with Gasteiger partial charge in [-0.2, -0.15) is 8.42 Å². The highest BCUT2D eigenvalue weighted by Crippen LogP contribution is 2.24. The van der Waals surface area contributed by atoms with Crippen molar-refractivity contribution < 1.29 is 56.8 Å². The normalized spacial score (nSPS) is 20.6. The molecular weight excluding hydrogens is 765 g/mol. The quantitative estimate of drug-likeness (QED) is 0.0200. The molecule has 6 unspecified atom stereocenters. The Bertz CT molecular complexity index is 1180. The van der Waals surface area contributed by atoms with Crippen molar-refractivity contribution in [3.05, 3.63) is 24.3 Å². The molecule has 1 aliphatic rings. The van der Waals surface area contributed by atoms with Gasteiger partial charge >= 0.3 is 11.9 Å². The molecule has 0 bridgehead atoms. The van der Waals surface area contributed by atoms with E-state index in [0.717, 1.165) is 64.2 Å². The Morgan fingerprint density at radius 2 is 1.03 bits per heavy atom. The van der Waals surface area contributed by atoms with Crippen LogP contribution < -0.4 is 0 Å². The molecule has 1 fully saturated rings. The van der Waals surface area contributed by atoms with Gasteiger partial charge in [-0.3, -0.25) is 14.1 Å². The van der Waals surface area contributed by atoms with Crippen LogP contribution >= 0.6 is 0 Å². The molecule has 0 spiro atoms. The number of carbonyl (C=O) groups is 2. The van der Waals surface area contributed by atoms with Crippen LogP contribution in [0.4, 0.5) is 0 Å². The van der Waals surface area contributed by atoms with Crippen LogP contribution in [0, 0.1) is 0 Å². The van der Waals surface area contributed by atoms with Crippen molar-refractivity contribution >= 4 is 22.1 Å². The van der Waals surface area contributed by atoms with Crippen LogP contribution in [0.5, 0.6) is 0 Å². The third-order valence-corrected chi connectivity index (χ3v) is 11.3. The first-order valence-electron chi connectivity index (χ1n) is 22.9. The molecule has 6 atom stereocenters. The molecule has 0 saturated carbocycles. The van der Waals surface area contributed by atoms with Crippen LogP contribution in [0.15, 0.2) is 24.3 Å². The summed E-state index contributed by atoms with van der Waals surface area (Å²) >= 11 is 0. The molecule has 0 radical (unpaired) electrons. The molecule has 1 saturated heterocycles. The topological polar surface area (TPSA) is 186 Å². The highest BCUT2D eigenvalue weighted by Gasteiger charge is 2.46. The van der Waals surface area contributed by atoms with Gasteiger partial charge in [-0.25, -0.2) is 0 Å². The monoisotopic (exact) mass is 847 g/mol. The summed E-state index contributed by atoms with van der Waals surface area (Å²) in [5, 5.41) is 30.9. The van der Waals surface area contributed by atoms with Crippen LogP contribution in [0.1, 0.15) is 194 Å². The largest absolute Gasteiger partial charge is 0.462 e. The van der Waals surface area contributed by atoms with E-state index in [0.29, 0.717) is 12.8 Å². The van der Waals surface area contributed by atoms with Crippen molar-refractivity contribution in [2.45, 2.75) is 230 Å². The maximum Gasteiger partial charge on any atom is 0.306 e. The van der Waals surface area contributed by atoms with Crippen molar-refractivity contribution in [1.29, 1.82) is 0 Å². The highest BCUT2D eigenvalue weighted by molar-refractivity contribution is 7.85. The van der Waals surface area contributed by atoms with E-state index in [2.05, 4.69) is 38.2 Å². The van der Waals surface area contributed by atoms with Gasteiger partial charge in [0.2, 0.25) is 0 Å². The number of rotatable bonds is 38. The smallest absolute Gasteiger partial charge is 0.306 e. The van der Waals surface area contributed by atoms with E-state index in [-0.39, 0.29) is 19.4 Å². The standard InChI is InChI=1S/C45H82O12S/c1-3-5-7-9-11-13-15-17-19-21-23-25-27-29-31-33-40(46)54-35-38(36-55-45-44(50)43(49)42(48)39(57-45)37-58(51,52)53)56-41(47)34-32-30-28-26-24-22-20-18-16-14-12-10-8-6-4-2/h12,14,18,20,38-39,42-45,48-50H,3-11,13,15-17,19,21-37H2,1-2H3,(H,51,52,53)/b14-12-,20-18-. The van der Waals surface area contributed by atoms with Gasteiger partial charge < -0.3 is 34.3 Å². The molecule has 1 aliphatic heterocycles. The Morgan fingerprint density at radius 1 is 0.586 bits per heavy atom. The van der Waals surface area contributed by atoms with E-state index in [4.69, 9.17) is 18.9 Å². The fraction of sp³-hybridized carbons (Fsp3) is 0.867. The molecule has 0 aromatic heterocycles. The minimum absolute atomic E-state index is 0.151. The Labute approximate surface area is 351 Å². The maximum atomic E-state index is 12.8. The summed E-state index contributed by atoms with van der Waals surface area (Å²) in [6.45, 7) is 3.73. The Hall–Kier alpha value is -1.87. The molecule has 340 valence electrons. The van der Waals surface area contributed by atoms with Crippen molar-refractivity contribution in [1.82, 2.24) is 0 Å². The molecule has 58 heavy (non-hydrogen) atoms. The summed E-state index contributed by atoms with van der Waals surface area (Å²) in [5.41, 5.74) is 0. The molecule has 0 aromatic carbocycles. The predicted octanol–water partition coefficient (Wildman–Crippen LogP) is 9.23. The summed E-state index contributed by atoms with van der Waals surface area (Å²) in [6.07, 6.45) is 29.3. The number of allylic oxidation sites excluding steroid dienone is 4. The lowest BCUT2D eigenvalue weighted by Gasteiger charge is -2.40. The summed E-state index contributed by atoms with van der Waals surface area (Å²) < 4.78 is 54.0. The van der Waals surface area contributed by atoms with Gasteiger partial charge in [-0.05, 0) is 44.9 Å². The van der Waals surface area contributed by atoms with E-state index in [1.807, 2.05) is 0 Å². The molecule has 0 aliphatic carbocycles. The highest BCUT2D eigenvalue weighted by atomic mass is 32.2. The van der Waals surface area contributed by atoms with Gasteiger partial charge in [0, 0.05) is 12.8 Å². The first-order valence-corrected chi connectivity index (χ1v) is 24.5. The number of aliphatic hydroxyl groups is 3. The number of hydrogen-bond acceptors (Lipinski definition) is 11. The predicted molar refractivity (Wildman–Crippen MR) is 229 cm³/mol. The molecular formula is C45H82O12S. The van der Waals surface area contributed by atoms with Gasteiger partial charge in [-0.15, -0.1) is 0 Å². The van der Waals surface area contributed by atoms with E-state index >= 15 is 0 Å². The van der Waals surface area contributed by atoms with Gasteiger partial charge in [0.1, 0.15) is 36.8 Å². The first kappa shape index (κ1) is 54.1. The second kappa shape index (κ2) is 35.8. The fourth-order valence-electron chi connectivity index (χ4n) is 6.94. The van der Waals surface area contributed by atoms with Crippen LogP contribution in [-0.4, -0.2) is 96.0 Å². The van der Waals surface area contributed by atoms with Crippen LogP contribution in [-0.2, 0) is 38.7 Å². The Morgan fingerprint density at radius 3 is 1.55 bits per heavy atom. The van der Waals surface area contributed by atoms with Crippen LogP contribution in [0.2, 0.25) is 0 Å². The minimum Gasteiger partial charge on any atom is -0.462 e. The van der Waals surface area contributed by atoms with E-state index in [1.54, 1.807) is 0 Å². The average Bonchev–Trinajstić information content (AvgIpc) is 3.18. The van der Waals surface area contributed by atoms with Crippen LogP contribution in [0.25, 0.3) is 0 Å². The van der Waals surface area contributed by atoms with Crippen molar-refractivity contribution in [3.63, 3.8) is 0 Å². The maximum absolute atomic E-state index is 12.8. The Kier molecular flexibility index (Phi) is 33.5. The lowest BCUT2D eigenvalue weighted by molar-refractivity contribution is -0.297. The fourth-order valence-corrected chi connectivity index (χ4v) is 7.63. The molecule has 0 aromatic rings. The molecule has 12 nitrogen and oxygen atoms in total. The summed E-state index contributed by atoms with van der Waals surface area (Å²) in [4.78, 5) is 25.4. The van der Waals surface area contributed by atoms with E-state index in [1.165, 1.54) is 89.9 Å². The second-order valence-electron chi connectivity index (χ2n) is 16.1. The van der Waals surface area contributed by atoms with E-state index in [9.17, 15) is 37.9 Å². The first-order chi connectivity index (χ1) is 28.0. The van der Waals surface area contributed by atoms with Gasteiger partial charge in [0.05, 0.1) is 6.61 Å². The van der Waals surface area contributed by atoms with Gasteiger partial charge in [0.25, 0.3) is 10.1 Å². The number of aliphatic hydroxyl groups excluding tert-OH is 3. The number of esters is 2. The number of carbonyl (C=O) groups excluding carboxylic acids is 2. The molecule has 13 heteroatoms. The van der Waals surface area contributed by atoms with Crippen molar-refractivity contribution in [2.24, 2.45) is 0 Å². The lowest BCUT2D eigenvalue weighted by atomic mass is 10.00. The summed E-state index contributed by atoms with van der Waals surface area (Å²) in [6, 6.07) is 0. The molecule has 4 N–H and O–H groups in total. The SMILES string of the molecule is CCCCC/C=C\C/C=C\CCCCCCCC(=O)OC(COC(=O)CCCCCCCCCCCCCCCCC)COC1OC(CS(=O)(=O)O)C(O)C(O)C1O. The zero-order chi connectivity index (χ0) is 42.7. The zero-order valence-corrected chi connectivity index (χ0v) is 37.0. The van der Waals surface area contributed by atoms with Gasteiger partial charge in [-0.1, -0.05) is 160 Å².